The molecule has 2 aromatic rings. The maximum atomic E-state index is 10.8. The summed E-state index contributed by atoms with van der Waals surface area (Å²) in [5.74, 6) is 0.794. The van der Waals surface area contributed by atoms with Crippen LogP contribution in [0.15, 0.2) is 21.6 Å². The first-order valence-corrected chi connectivity index (χ1v) is 6.81. The van der Waals surface area contributed by atoms with E-state index in [9.17, 15) is 9.59 Å². The lowest BCUT2D eigenvalue weighted by molar-refractivity contribution is 0.0994. The maximum Gasteiger partial charge on any atom is 0.195 e. The molecule has 0 fully saturated rings. The number of carbonyl (C=O) groups excluding carboxylic acids is 2. The zero-order valence-electron chi connectivity index (χ0n) is 10.6. The third-order valence-electron chi connectivity index (χ3n) is 2.04. The minimum Gasteiger partial charge on any atom is -0.330 e. The van der Waals surface area contributed by atoms with E-state index < -0.39 is 0 Å². The van der Waals surface area contributed by atoms with E-state index in [1.54, 1.807) is 24.0 Å². The molecule has 6 nitrogen and oxygen atoms in total. The summed E-state index contributed by atoms with van der Waals surface area (Å²) in [6.07, 6.45) is 3.30. The van der Waals surface area contributed by atoms with Crippen LogP contribution in [-0.4, -0.2) is 31.1 Å². The fourth-order valence-electron chi connectivity index (χ4n) is 1.23. The molecule has 0 aliphatic heterocycles. The number of nitrogens with zero attached hydrogens (tertiary/aromatic N) is 3. The molecular formula is C11H12Br2N4O2. The van der Waals surface area contributed by atoms with Crippen LogP contribution in [0.25, 0.3) is 0 Å². The zero-order chi connectivity index (χ0) is 14.6. The van der Waals surface area contributed by atoms with E-state index in [0.29, 0.717) is 16.3 Å². The molecule has 0 spiro atoms. The number of imidazole rings is 2. The minimum atomic E-state index is -0.0549. The number of nitrogens with one attached hydrogen (secondary N) is 1. The molecule has 0 radical (unpaired) electrons. The first kappa shape index (κ1) is 15.8. The molecule has 8 heteroatoms. The topological polar surface area (TPSA) is 80.6 Å². The Labute approximate surface area is 126 Å². The second-order valence-electron chi connectivity index (χ2n) is 3.69. The van der Waals surface area contributed by atoms with E-state index in [1.807, 2.05) is 0 Å². The molecular weight excluding hydrogens is 380 g/mol. The summed E-state index contributed by atoms with van der Waals surface area (Å²) in [6, 6.07) is 0. The van der Waals surface area contributed by atoms with Crippen LogP contribution in [0, 0.1) is 0 Å². The number of aromatic amines is 1. The van der Waals surface area contributed by atoms with E-state index >= 15 is 0 Å². The molecule has 2 rings (SSSR count). The van der Waals surface area contributed by atoms with Gasteiger partial charge in [-0.1, -0.05) is 0 Å². The lowest BCUT2D eigenvalue weighted by Gasteiger charge is -1.91. The second-order valence-corrected chi connectivity index (χ2v) is 5.36. The number of ketones is 2. The molecule has 0 aliphatic carbocycles. The van der Waals surface area contributed by atoms with Crippen molar-refractivity contribution in [2.75, 3.05) is 0 Å². The SMILES string of the molecule is CC(=O)c1nc(Br)cn1C.CC(=O)c1ncc(Br)[nH]1. The predicted molar refractivity (Wildman–Crippen MR) is 77.2 cm³/mol. The minimum absolute atomic E-state index is 0.0202. The van der Waals surface area contributed by atoms with Gasteiger partial charge in [0.25, 0.3) is 0 Å². The summed E-state index contributed by atoms with van der Waals surface area (Å²) in [5, 5.41) is 0. The molecule has 102 valence electrons. The van der Waals surface area contributed by atoms with Crippen molar-refractivity contribution in [1.82, 2.24) is 19.5 Å². The average molecular weight is 392 g/mol. The molecule has 0 saturated carbocycles. The van der Waals surface area contributed by atoms with Crippen molar-refractivity contribution in [3.05, 3.63) is 33.2 Å². The Balaban J connectivity index is 0.000000191. The van der Waals surface area contributed by atoms with Crippen molar-refractivity contribution < 1.29 is 9.59 Å². The van der Waals surface area contributed by atoms with Crippen molar-refractivity contribution in [2.24, 2.45) is 7.05 Å². The van der Waals surface area contributed by atoms with Gasteiger partial charge in [-0.25, -0.2) is 9.97 Å². The van der Waals surface area contributed by atoms with Crippen LogP contribution in [0.4, 0.5) is 0 Å². The number of H-pyrrole nitrogens is 1. The monoisotopic (exact) mass is 390 g/mol. The lowest BCUT2D eigenvalue weighted by atomic mass is 10.4. The van der Waals surface area contributed by atoms with Gasteiger partial charge < -0.3 is 9.55 Å². The number of Topliss-reactive ketones (excluding diaryl/α,β-unsaturated/α-hetero) is 2. The van der Waals surface area contributed by atoms with Gasteiger partial charge in [0, 0.05) is 27.1 Å². The van der Waals surface area contributed by atoms with E-state index in [1.165, 1.54) is 13.8 Å². The van der Waals surface area contributed by atoms with Gasteiger partial charge in [0.15, 0.2) is 23.2 Å². The fraction of sp³-hybridized carbons (Fsp3) is 0.273. The average Bonchev–Trinajstić information content (AvgIpc) is 2.85. The molecule has 0 aliphatic rings. The highest BCUT2D eigenvalue weighted by Gasteiger charge is 2.06. The van der Waals surface area contributed by atoms with Crippen LogP contribution in [0.2, 0.25) is 0 Å². The van der Waals surface area contributed by atoms with Gasteiger partial charge in [-0.2, -0.15) is 0 Å². The molecule has 2 aromatic heterocycles. The molecule has 0 atom stereocenters. The van der Waals surface area contributed by atoms with Crippen LogP contribution < -0.4 is 0 Å². The highest BCUT2D eigenvalue weighted by molar-refractivity contribution is 9.10. The smallest absolute Gasteiger partial charge is 0.195 e. The van der Waals surface area contributed by atoms with Crippen molar-refractivity contribution in [1.29, 1.82) is 0 Å². The summed E-state index contributed by atoms with van der Waals surface area (Å²) in [5.41, 5.74) is 0. The van der Waals surface area contributed by atoms with Crippen LogP contribution >= 0.6 is 31.9 Å². The first-order valence-electron chi connectivity index (χ1n) is 5.22. The van der Waals surface area contributed by atoms with Crippen LogP contribution in [-0.2, 0) is 7.05 Å². The largest absolute Gasteiger partial charge is 0.330 e. The highest BCUT2D eigenvalue weighted by Crippen LogP contribution is 2.08. The van der Waals surface area contributed by atoms with Gasteiger partial charge in [-0.15, -0.1) is 0 Å². The Morgan fingerprint density at radius 1 is 1.26 bits per heavy atom. The first-order chi connectivity index (χ1) is 8.81. The molecule has 0 unspecified atom stereocenters. The number of carbonyl (C=O) groups is 2. The van der Waals surface area contributed by atoms with Gasteiger partial charge in [0.2, 0.25) is 0 Å². The Kier molecular flexibility index (Phi) is 5.61. The third kappa shape index (κ3) is 4.71. The summed E-state index contributed by atoms with van der Waals surface area (Å²) in [7, 11) is 1.79. The van der Waals surface area contributed by atoms with Crippen LogP contribution in [0.3, 0.4) is 0 Å². The van der Waals surface area contributed by atoms with Gasteiger partial charge in [0.1, 0.15) is 9.21 Å². The molecule has 2 heterocycles. The standard InChI is InChI=1S/C6H7BrN2O.C5H5BrN2O/c1-4(10)6-8-5(7)3-9(6)2;1-3(9)5-7-2-4(6)8-5/h3H,1-2H3;2H,1H3,(H,7,8). The number of rotatable bonds is 2. The predicted octanol–water partition coefficient (Wildman–Crippen LogP) is 2.76. The Morgan fingerprint density at radius 3 is 2.11 bits per heavy atom. The number of hydrogen-bond acceptors (Lipinski definition) is 4. The summed E-state index contributed by atoms with van der Waals surface area (Å²) in [4.78, 5) is 31.8. The number of aromatic nitrogens is 4. The lowest BCUT2D eigenvalue weighted by Crippen LogP contribution is -2.01. The van der Waals surface area contributed by atoms with E-state index in [4.69, 9.17) is 0 Å². The number of aryl methyl sites for hydroxylation is 1. The molecule has 0 amide bonds. The Hall–Kier alpha value is -1.28. The molecule has 1 N–H and O–H groups in total. The third-order valence-corrected chi connectivity index (χ3v) is 2.83. The van der Waals surface area contributed by atoms with Crippen molar-refractivity contribution >= 4 is 43.4 Å². The second kappa shape index (κ2) is 6.76. The highest BCUT2D eigenvalue weighted by atomic mass is 79.9. The van der Waals surface area contributed by atoms with E-state index in [2.05, 4.69) is 46.8 Å². The Morgan fingerprint density at radius 2 is 1.89 bits per heavy atom. The molecule has 0 saturated heterocycles. The zero-order valence-corrected chi connectivity index (χ0v) is 13.7. The van der Waals surface area contributed by atoms with Gasteiger partial charge in [0.05, 0.1) is 6.20 Å². The van der Waals surface area contributed by atoms with Gasteiger partial charge in [-0.05, 0) is 31.9 Å². The van der Waals surface area contributed by atoms with E-state index in [-0.39, 0.29) is 11.6 Å². The summed E-state index contributed by atoms with van der Waals surface area (Å²) < 4.78 is 3.11. The molecule has 19 heavy (non-hydrogen) atoms. The van der Waals surface area contributed by atoms with E-state index in [0.717, 1.165) is 4.60 Å². The molecule has 0 bridgehead atoms. The number of halogens is 2. The van der Waals surface area contributed by atoms with Crippen molar-refractivity contribution in [3.8, 4) is 0 Å². The van der Waals surface area contributed by atoms with Crippen LogP contribution in [0.1, 0.15) is 35.1 Å². The molecule has 0 aromatic carbocycles. The van der Waals surface area contributed by atoms with Crippen molar-refractivity contribution in [3.63, 3.8) is 0 Å². The normalized spacial score (nSPS) is 9.74. The summed E-state index contributed by atoms with van der Waals surface area (Å²) >= 11 is 6.30. The van der Waals surface area contributed by atoms with Gasteiger partial charge >= 0.3 is 0 Å². The quantitative estimate of drug-likeness (QED) is 0.798. The van der Waals surface area contributed by atoms with Gasteiger partial charge in [-0.3, -0.25) is 9.59 Å². The maximum absolute atomic E-state index is 10.8. The van der Waals surface area contributed by atoms with Crippen LogP contribution in [0.5, 0.6) is 0 Å². The van der Waals surface area contributed by atoms with Crippen molar-refractivity contribution in [2.45, 2.75) is 13.8 Å². The Bertz CT molecular complexity index is 604. The summed E-state index contributed by atoms with van der Waals surface area (Å²) in [6.45, 7) is 2.96. The fourth-order valence-corrected chi connectivity index (χ4v) is 2.00. The number of hydrogen-bond donors (Lipinski definition) is 1.